The van der Waals surface area contributed by atoms with E-state index >= 15 is 0 Å². The lowest BCUT2D eigenvalue weighted by molar-refractivity contribution is -0.256. The summed E-state index contributed by atoms with van der Waals surface area (Å²) in [5.74, 6) is 0. The fourth-order valence-electron chi connectivity index (χ4n) is 3.33. The minimum absolute atomic E-state index is 0.260. The third-order valence-electron chi connectivity index (χ3n) is 5.02. The van der Waals surface area contributed by atoms with Gasteiger partial charge in [0.25, 0.3) is 0 Å². The van der Waals surface area contributed by atoms with Gasteiger partial charge in [-0.3, -0.25) is 0 Å². The molecule has 1 rings (SSSR count). The first-order chi connectivity index (χ1) is 12.2. The summed E-state index contributed by atoms with van der Waals surface area (Å²) in [6, 6.07) is 0. The first-order valence-electron chi connectivity index (χ1n) is 10.4. The predicted molar refractivity (Wildman–Crippen MR) is 99.4 cm³/mol. The van der Waals surface area contributed by atoms with E-state index in [0.29, 0.717) is 6.61 Å². The van der Waals surface area contributed by atoms with Crippen molar-refractivity contribution in [1.82, 2.24) is 0 Å². The van der Waals surface area contributed by atoms with Crippen LogP contribution in [0.3, 0.4) is 0 Å². The van der Waals surface area contributed by atoms with Crippen LogP contribution in [0.2, 0.25) is 0 Å². The van der Waals surface area contributed by atoms with Crippen molar-refractivity contribution < 1.29 is 24.8 Å². The second-order valence-electron chi connectivity index (χ2n) is 7.34. The van der Waals surface area contributed by atoms with Crippen LogP contribution in [0.25, 0.3) is 0 Å². The SMILES string of the molecule is CCCCCCCCCCCCCCO[C@@H]1C[C@@H](O)[C@H](O)[C@@H](CO)O1. The van der Waals surface area contributed by atoms with Crippen molar-refractivity contribution in [1.29, 1.82) is 0 Å². The summed E-state index contributed by atoms with van der Waals surface area (Å²) in [4.78, 5) is 0. The molecule has 1 heterocycles. The number of hydrogen-bond donors (Lipinski definition) is 3. The van der Waals surface area contributed by atoms with Gasteiger partial charge in [-0.05, 0) is 6.42 Å². The van der Waals surface area contributed by atoms with Crippen molar-refractivity contribution in [2.24, 2.45) is 0 Å². The predicted octanol–water partition coefficient (Wildman–Crippen LogP) is 3.53. The van der Waals surface area contributed by atoms with Gasteiger partial charge in [-0.25, -0.2) is 0 Å². The van der Waals surface area contributed by atoms with Gasteiger partial charge < -0.3 is 24.8 Å². The molecule has 0 amide bonds. The maximum Gasteiger partial charge on any atom is 0.160 e. The average molecular weight is 361 g/mol. The van der Waals surface area contributed by atoms with Crippen LogP contribution < -0.4 is 0 Å². The molecule has 0 unspecified atom stereocenters. The van der Waals surface area contributed by atoms with Crippen molar-refractivity contribution >= 4 is 0 Å². The molecule has 0 spiro atoms. The fraction of sp³-hybridized carbons (Fsp3) is 1.00. The number of rotatable bonds is 15. The molecule has 25 heavy (non-hydrogen) atoms. The molecule has 3 N–H and O–H groups in total. The first kappa shape index (κ1) is 22.8. The monoisotopic (exact) mass is 360 g/mol. The lowest BCUT2D eigenvalue weighted by Crippen LogP contribution is -2.50. The molecule has 1 aliphatic rings. The van der Waals surface area contributed by atoms with Crippen LogP contribution in [0.15, 0.2) is 0 Å². The Morgan fingerprint density at radius 3 is 1.88 bits per heavy atom. The molecule has 1 aliphatic heterocycles. The zero-order valence-electron chi connectivity index (χ0n) is 16.1. The lowest BCUT2D eigenvalue weighted by Gasteiger charge is -2.36. The Kier molecular flexibility index (Phi) is 13.6. The highest BCUT2D eigenvalue weighted by Crippen LogP contribution is 2.21. The third-order valence-corrected chi connectivity index (χ3v) is 5.02. The van der Waals surface area contributed by atoms with Crippen LogP contribution in [0.5, 0.6) is 0 Å². The largest absolute Gasteiger partial charge is 0.394 e. The third kappa shape index (κ3) is 10.5. The van der Waals surface area contributed by atoms with Gasteiger partial charge in [0.1, 0.15) is 12.2 Å². The molecule has 4 atom stereocenters. The van der Waals surface area contributed by atoms with Crippen LogP contribution in [-0.2, 0) is 9.47 Å². The van der Waals surface area contributed by atoms with Gasteiger partial charge in [-0.1, -0.05) is 77.6 Å². The van der Waals surface area contributed by atoms with Gasteiger partial charge in [0.05, 0.1) is 12.7 Å². The van der Waals surface area contributed by atoms with Crippen LogP contribution in [0.1, 0.15) is 90.4 Å². The smallest absolute Gasteiger partial charge is 0.160 e. The Morgan fingerprint density at radius 2 is 1.36 bits per heavy atom. The highest BCUT2D eigenvalue weighted by molar-refractivity contribution is 4.82. The Labute approximate surface area is 153 Å². The van der Waals surface area contributed by atoms with Gasteiger partial charge >= 0.3 is 0 Å². The Morgan fingerprint density at radius 1 is 0.840 bits per heavy atom. The maximum atomic E-state index is 9.73. The van der Waals surface area contributed by atoms with Gasteiger partial charge in [-0.2, -0.15) is 0 Å². The van der Waals surface area contributed by atoms with E-state index in [-0.39, 0.29) is 13.0 Å². The summed E-state index contributed by atoms with van der Waals surface area (Å²) in [6.45, 7) is 2.55. The Hall–Kier alpha value is -0.200. The number of aliphatic hydroxyl groups excluding tert-OH is 3. The van der Waals surface area contributed by atoms with E-state index < -0.39 is 24.6 Å². The molecule has 5 heteroatoms. The second kappa shape index (κ2) is 14.9. The molecular formula is C20H40O5. The Balaban J connectivity index is 1.87. The summed E-state index contributed by atoms with van der Waals surface area (Å²) in [5, 5.41) is 28.5. The van der Waals surface area contributed by atoms with Gasteiger partial charge in [0.2, 0.25) is 0 Å². The van der Waals surface area contributed by atoms with Gasteiger partial charge in [0.15, 0.2) is 6.29 Å². The molecule has 150 valence electrons. The summed E-state index contributed by atoms with van der Waals surface area (Å²) < 4.78 is 11.1. The van der Waals surface area contributed by atoms with Crippen LogP contribution in [0, 0.1) is 0 Å². The molecule has 0 aromatic heterocycles. The minimum Gasteiger partial charge on any atom is -0.394 e. The first-order valence-corrected chi connectivity index (χ1v) is 10.4. The zero-order valence-corrected chi connectivity index (χ0v) is 16.1. The summed E-state index contributed by atoms with van der Waals surface area (Å²) >= 11 is 0. The van der Waals surface area contributed by atoms with Crippen molar-refractivity contribution in [3.8, 4) is 0 Å². The summed E-state index contributed by atoms with van der Waals surface area (Å²) in [7, 11) is 0. The van der Waals surface area contributed by atoms with E-state index in [1.807, 2.05) is 0 Å². The average Bonchev–Trinajstić information content (AvgIpc) is 2.61. The fourth-order valence-corrected chi connectivity index (χ4v) is 3.33. The summed E-state index contributed by atoms with van der Waals surface area (Å²) in [5.41, 5.74) is 0. The number of hydrogen-bond acceptors (Lipinski definition) is 5. The van der Waals surface area contributed by atoms with Gasteiger partial charge in [-0.15, -0.1) is 0 Å². The highest BCUT2D eigenvalue weighted by atomic mass is 16.7. The second-order valence-corrected chi connectivity index (χ2v) is 7.34. The molecule has 0 aliphatic carbocycles. The van der Waals surface area contributed by atoms with Crippen molar-refractivity contribution in [3.05, 3.63) is 0 Å². The molecule has 1 fully saturated rings. The van der Waals surface area contributed by atoms with E-state index in [0.717, 1.165) is 12.8 Å². The van der Waals surface area contributed by atoms with E-state index in [1.165, 1.54) is 64.2 Å². The van der Waals surface area contributed by atoms with Crippen LogP contribution >= 0.6 is 0 Å². The van der Waals surface area contributed by atoms with Crippen molar-refractivity contribution in [2.45, 2.75) is 115 Å². The number of unbranched alkanes of at least 4 members (excludes halogenated alkanes) is 11. The quantitative estimate of drug-likeness (QED) is 0.389. The van der Waals surface area contributed by atoms with E-state index in [2.05, 4.69) is 6.92 Å². The molecule has 0 aromatic rings. The molecular weight excluding hydrogens is 320 g/mol. The normalized spacial score (nSPS) is 26.9. The number of aliphatic hydroxyl groups is 3. The molecule has 0 radical (unpaired) electrons. The molecule has 0 saturated carbocycles. The highest BCUT2D eigenvalue weighted by Gasteiger charge is 2.36. The standard InChI is InChI=1S/C20H40O5/c1-2-3-4-5-6-7-8-9-10-11-12-13-14-24-19-15-17(22)20(23)18(16-21)25-19/h17-23H,2-16H2,1H3/t17-,18-,19+,20+/m1/s1. The maximum absolute atomic E-state index is 9.73. The van der Waals surface area contributed by atoms with E-state index in [1.54, 1.807) is 0 Å². The zero-order chi connectivity index (χ0) is 18.3. The topological polar surface area (TPSA) is 79.2 Å². The van der Waals surface area contributed by atoms with Crippen LogP contribution in [0.4, 0.5) is 0 Å². The molecule has 0 aromatic carbocycles. The van der Waals surface area contributed by atoms with Crippen molar-refractivity contribution in [3.63, 3.8) is 0 Å². The van der Waals surface area contributed by atoms with Crippen LogP contribution in [-0.4, -0.2) is 53.1 Å². The van der Waals surface area contributed by atoms with Gasteiger partial charge in [0, 0.05) is 13.0 Å². The van der Waals surface area contributed by atoms with E-state index in [4.69, 9.17) is 14.6 Å². The Bertz CT molecular complexity index is 300. The molecule has 5 nitrogen and oxygen atoms in total. The molecule has 1 saturated heterocycles. The molecule has 0 bridgehead atoms. The number of ether oxygens (including phenoxy) is 2. The minimum atomic E-state index is -1.03. The summed E-state index contributed by atoms with van der Waals surface area (Å²) in [6.07, 6.45) is 12.7. The van der Waals surface area contributed by atoms with Crippen molar-refractivity contribution in [2.75, 3.05) is 13.2 Å². The lowest BCUT2D eigenvalue weighted by atomic mass is 10.0. The van der Waals surface area contributed by atoms with E-state index in [9.17, 15) is 10.2 Å².